The van der Waals surface area contributed by atoms with Gasteiger partial charge in [-0.3, -0.25) is 24.0 Å². The van der Waals surface area contributed by atoms with Crippen LogP contribution in [0.1, 0.15) is 30.8 Å². The Labute approximate surface area is 142 Å². The molecule has 0 radical (unpaired) electrons. The van der Waals surface area contributed by atoms with Gasteiger partial charge < -0.3 is 4.90 Å². The summed E-state index contributed by atoms with van der Waals surface area (Å²) < 4.78 is 1.77. The SMILES string of the molecule is CN(C)C(=O)CN1CCCn2c(nc(CN3CCCC3)cc2=O)C1. The minimum atomic E-state index is 0.0370. The molecule has 2 aliphatic heterocycles. The average Bonchev–Trinajstić information content (AvgIpc) is 2.93. The van der Waals surface area contributed by atoms with E-state index in [2.05, 4.69) is 9.80 Å². The number of carbonyl (C=O) groups is 1. The highest BCUT2D eigenvalue weighted by Crippen LogP contribution is 2.13. The fourth-order valence-corrected chi connectivity index (χ4v) is 3.42. The summed E-state index contributed by atoms with van der Waals surface area (Å²) in [5.74, 6) is 0.875. The van der Waals surface area contributed by atoms with Crippen molar-refractivity contribution >= 4 is 5.91 Å². The third kappa shape index (κ3) is 4.02. The number of carbonyl (C=O) groups excluding carboxylic acids is 1. The molecule has 0 aliphatic carbocycles. The Balaban J connectivity index is 1.77. The largest absolute Gasteiger partial charge is 0.348 e. The Bertz CT molecular complexity index is 649. The molecule has 0 saturated carbocycles. The van der Waals surface area contributed by atoms with Crippen LogP contribution in [0.2, 0.25) is 0 Å². The highest BCUT2D eigenvalue weighted by atomic mass is 16.2. The van der Waals surface area contributed by atoms with Gasteiger partial charge in [-0.05, 0) is 32.4 Å². The van der Waals surface area contributed by atoms with E-state index in [1.807, 2.05) is 0 Å². The fraction of sp³-hybridized carbons (Fsp3) is 0.706. The van der Waals surface area contributed by atoms with E-state index in [-0.39, 0.29) is 11.5 Å². The molecule has 0 spiro atoms. The van der Waals surface area contributed by atoms with Crippen LogP contribution >= 0.6 is 0 Å². The van der Waals surface area contributed by atoms with E-state index in [4.69, 9.17) is 4.98 Å². The summed E-state index contributed by atoms with van der Waals surface area (Å²) in [6, 6.07) is 1.68. The molecule has 2 aliphatic rings. The standard InChI is InChI=1S/C17H27N5O2/c1-19(2)17(24)13-21-8-5-9-22-15(12-21)18-14(10-16(22)23)11-20-6-3-4-7-20/h10H,3-9,11-13H2,1-2H3. The van der Waals surface area contributed by atoms with Crippen LogP contribution in [0.3, 0.4) is 0 Å². The quantitative estimate of drug-likeness (QED) is 0.784. The number of aromatic nitrogens is 2. The Morgan fingerprint density at radius 3 is 2.54 bits per heavy atom. The van der Waals surface area contributed by atoms with Gasteiger partial charge in [-0.15, -0.1) is 0 Å². The molecule has 1 aromatic rings. The van der Waals surface area contributed by atoms with Crippen LogP contribution in [0.15, 0.2) is 10.9 Å². The van der Waals surface area contributed by atoms with Crippen LogP contribution in [0, 0.1) is 0 Å². The molecule has 1 amide bonds. The van der Waals surface area contributed by atoms with Crippen LogP contribution in [-0.2, 0) is 24.4 Å². The van der Waals surface area contributed by atoms with Crippen LogP contribution < -0.4 is 5.56 Å². The molecule has 7 heteroatoms. The molecule has 1 saturated heterocycles. The number of amides is 1. The molecule has 0 bridgehead atoms. The third-order valence-corrected chi connectivity index (χ3v) is 4.80. The second kappa shape index (κ2) is 7.44. The van der Waals surface area contributed by atoms with Crippen molar-refractivity contribution in [2.24, 2.45) is 0 Å². The van der Waals surface area contributed by atoms with Crippen molar-refractivity contribution in [2.75, 3.05) is 40.3 Å². The van der Waals surface area contributed by atoms with E-state index in [1.54, 1.807) is 29.6 Å². The van der Waals surface area contributed by atoms with E-state index in [9.17, 15) is 9.59 Å². The van der Waals surface area contributed by atoms with Crippen molar-refractivity contribution < 1.29 is 4.79 Å². The maximum absolute atomic E-state index is 12.5. The van der Waals surface area contributed by atoms with E-state index in [0.717, 1.165) is 44.1 Å². The Morgan fingerprint density at radius 2 is 1.83 bits per heavy atom. The van der Waals surface area contributed by atoms with Crippen LogP contribution in [0.25, 0.3) is 0 Å². The summed E-state index contributed by atoms with van der Waals surface area (Å²) in [6.45, 7) is 5.34. The molecular weight excluding hydrogens is 306 g/mol. The third-order valence-electron chi connectivity index (χ3n) is 4.80. The van der Waals surface area contributed by atoms with Crippen molar-refractivity contribution in [2.45, 2.75) is 38.9 Å². The van der Waals surface area contributed by atoms with Gasteiger partial charge >= 0.3 is 0 Å². The zero-order valence-corrected chi connectivity index (χ0v) is 14.7. The lowest BCUT2D eigenvalue weighted by Gasteiger charge is -2.21. The number of rotatable bonds is 4. The summed E-state index contributed by atoms with van der Waals surface area (Å²) in [5, 5.41) is 0. The summed E-state index contributed by atoms with van der Waals surface area (Å²) in [4.78, 5) is 35.2. The van der Waals surface area contributed by atoms with Gasteiger partial charge in [0.25, 0.3) is 5.56 Å². The molecule has 1 aromatic heterocycles. The smallest absolute Gasteiger partial charge is 0.253 e. The highest BCUT2D eigenvalue weighted by Gasteiger charge is 2.21. The normalized spacial score (nSPS) is 19.1. The van der Waals surface area contributed by atoms with Crippen LogP contribution in [0.5, 0.6) is 0 Å². The Morgan fingerprint density at radius 1 is 1.12 bits per heavy atom. The van der Waals surface area contributed by atoms with Crippen molar-refractivity contribution in [3.63, 3.8) is 0 Å². The van der Waals surface area contributed by atoms with Crippen molar-refractivity contribution in [3.05, 3.63) is 27.9 Å². The van der Waals surface area contributed by atoms with Gasteiger partial charge in [0.15, 0.2) is 0 Å². The molecule has 3 heterocycles. The van der Waals surface area contributed by atoms with Crippen LogP contribution in [0.4, 0.5) is 0 Å². The van der Waals surface area contributed by atoms with E-state index in [1.165, 1.54) is 12.8 Å². The first-order valence-corrected chi connectivity index (χ1v) is 8.77. The topological polar surface area (TPSA) is 61.7 Å². The lowest BCUT2D eigenvalue weighted by Crippen LogP contribution is -2.37. The molecule has 1 fully saturated rings. The van der Waals surface area contributed by atoms with Gasteiger partial charge in [0.05, 0.1) is 18.8 Å². The summed E-state index contributed by atoms with van der Waals surface area (Å²) >= 11 is 0. The lowest BCUT2D eigenvalue weighted by molar-refractivity contribution is -0.130. The molecule has 0 N–H and O–H groups in total. The van der Waals surface area contributed by atoms with Gasteiger partial charge in [-0.1, -0.05) is 0 Å². The minimum absolute atomic E-state index is 0.0370. The second-order valence-electron chi connectivity index (χ2n) is 6.99. The molecule has 7 nitrogen and oxygen atoms in total. The molecule has 24 heavy (non-hydrogen) atoms. The number of fused-ring (bicyclic) bond motifs is 1. The number of hydrogen-bond donors (Lipinski definition) is 0. The van der Waals surface area contributed by atoms with Gasteiger partial charge in [-0.25, -0.2) is 4.98 Å². The monoisotopic (exact) mass is 333 g/mol. The zero-order valence-electron chi connectivity index (χ0n) is 14.7. The second-order valence-corrected chi connectivity index (χ2v) is 6.99. The van der Waals surface area contributed by atoms with Gasteiger partial charge in [0, 0.05) is 39.8 Å². The summed E-state index contributed by atoms with van der Waals surface area (Å²) in [5.41, 5.74) is 0.893. The Kier molecular flexibility index (Phi) is 5.30. The predicted octanol–water partition coefficient (Wildman–Crippen LogP) is 0.133. The zero-order chi connectivity index (χ0) is 17.1. The molecule has 132 valence electrons. The average molecular weight is 333 g/mol. The van der Waals surface area contributed by atoms with Crippen molar-refractivity contribution in [3.8, 4) is 0 Å². The van der Waals surface area contributed by atoms with Crippen molar-refractivity contribution in [1.82, 2.24) is 24.3 Å². The predicted molar refractivity (Wildman–Crippen MR) is 91.6 cm³/mol. The molecular formula is C17H27N5O2. The first-order chi connectivity index (χ1) is 11.5. The van der Waals surface area contributed by atoms with E-state index < -0.39 is 0 Å². The molecule has 0 aromatic carbocycles. The van der Waals surface area contributed by atoms with Crippen LogP contribution in [-0.4, -0.2) is 70.4 Å². The maximum atomic E-state index is 12.5. The fourth-order valence-electron chi connectivity index (χ4n) is 3.42. The molecule has 0 unspecified atom stereocenters. The first-order valence-electron chi connectivity index (χ1n) is 8.77. The summed E-state index contributed by atoms with van der Waals surface area (Å²) in [7, 11) is 3.54. The van der Waals surface area contributed by atoms with Crippen molar-refractivity contribution in [1.29, 1.82) is 0 Å². The number of hydrogen-bond acceptors (Lipinski definition) is 5. The van der Waals surface area contributed by atoms with E-state index >= 15 is 0 Å². The van der Waals surface area contributed by atoms with Gasteiger partial charge in [0.1, 0.15) is 5.82 Å². The van der Waals surface area contributed by atoms with E-state index in [0.29, 0.717) is 19.6 Å². The first kappa shape index (κ1) is 17.1. The number of nitrogens with zero attached hydrogens (tertiary/aromatic N) is 5. The number of likely N-dealkylation sites (tertiary alicyclic amines) is 1. The summed E-state index contributed by atoms with van der Waals surface area (Å²) in [6.07, 6.45) is 3.31. The molecule has 0 atom stereocenters. The maximum Gasteiger partial charge on any atom is 0.253 e. The van der Waals surface area contributed by atoms with Gasteiger partial charge in [0.2, 0.25) is 5.91 Å². The highest BCUT2D eigenvalue weighted by molar-refractivity contribution is 5.77. The minimum Gasteiger partial charge on any atom is -0.348 e. The number of likely N-dealkylation sites (N-methyl/N-ethyl adjacent to an activating group) is 1. The molecule has 3 rings (SSSR count). The Hall–Kier alpha value is -1.73. The lowest BCUT2D eigenvalue weighted by atomic mass is 10.3. The van der Waals surface area contributed by atoms with Gasteiger partial charge in [-0.2, -0.15) is 0 Å².